The van der Waals surface area contributed by atoms with E-state index < -0.39 is 0 Å². The van der Waals surface area contributed by atoms with Crippen molar-refractivity contribution in [3.05, 3.63) is 35.5 Å². The van der Waals surface area contributed by atoms with Gasteiger partial charge < -0.3 is 9.30 Å². The summed E-state index contributed by atoms with van der Waals surface area (Å²) < 4.78 is 7.78. The summed E-state index contributed by atoms with van der Waals surface area (Å²) in [5.74, 6) is 0.841. The summed E-state index contributed by atoms with van der Waals surface area (Å²) in [7, 11) is 0. The normalized spacial score (nSPS) is 25.2. The lowest BCUT2D eigenvalue weighted by Gasteiger charge is -2.35. The number of hydrogen-bond donors (Lipinski definition) is 0. The molecule has 1 aromatic heterocycles. The quantitative estimate of drug-likeness (QED) is 0.870. The second kappa shape index (κ2) is 6.34. The number of ketones is 1. The Morgan fingerprint density at radius 2 is 1.96 bits per heavy atom. The van der Waals surface area contributed by atoms with Crippen LogP contribution in [0.3, 0.4) is 0 Å². The van der Waals surface area contributed by atoms with E-state index in [1.165, 1.54) is 11.2 Å². The highest BCUT2D eigenvalue weighted by molar-refractivity contribution is 6.11. The molecule has 1 aromatic carbocycles. The Bertz CT molecular complexity index is 758. The molecule has 2 aliphatic rings. The van der Waals surface area contributed by atoms with E-state index in [-0.39, 0.29) is 5.92 Å². The first kappa shape index (κ1) is 15.9. The average Bonchev–Trinajstić information content (AvgIpc) is 2.92. The fraction of sp³-hybridized carbons (Fsp3) is 0.550. The van der Waals surface area contributed by atoms with Crippen molar-refractivity contribution >= 4 is 16.7 Å². The van der Waals surface area contributed by atoms with Crippen LogP contribution < -0.4 is 0 Å². The zero-order valence-electron chi connectivity index (χ0n) is 14.6. The molecule has 4 rings (SSSR count). The zero-order chi connectivity index (χ0) is 16.7. The first-order valence-electron chi connectivity index (χ1n) is 9.15. The molecule has 0 bridgehead atoms. The van der Waals surface area contributed by atoms with Crippen LogP contribution in [-0.2, 0) is 17.7 Å². The molecule has 1 fully saturated rings. The van der Waals surface area contributed by atoms with Gasteiger partial charge in [0.05, 0.1) is 13.2 Å². The molecule has 0 radical (unpaired) electrons. The lowest BCUT2D eigenvalue weighted by atomic mass is 9.77. The van der Waals surface area contributed by atoms with Gasteiger partial charge in [-0.25, -0.2) is 0 Å². The maximum absolute atomic E-state index is 13.4. The third kappa shape index (κ3) is 2.49. The number of aromatic nitrogens is 1. The first-order chi connectivity index (χ1) is 11.7. The Morgan fingerprint density at radius 3 is 2.71 bits per heavy atom. The molecule has 24 heavy (non-hydrogen) atoms. The van der Waals surface area contributed by atoms with Crippen LogP contribution in [0, 0.1) is 11.8 Å². The minimum atomic E-state index is 0.103. The van der Waals surface area contributed by atoms with E-state index in [1.54, 1.807) is 0 Å². The van der Waals surface area contributed by atoms with Gasteiger partial charge in [-0.15, -0.1) is 0 Å². The van der Waals surface area contributed by atoms with Gasteiger partial charge in [-0.2, -0.15) is 0 Å². The van der Waals surface area contributed by atoms with Crippen molar-refractivity contribution in [1.29, 1.82) is 0 Å². The fourth-order valence-electron chi connectivity index (χ4n) is 4.42. The molecule has 2 heterocycles. The number of ether oxygens (including phenoxy) is 1. The van der Waals surface area contributed by atoms with Gasteiger partial charge in [0.2, 0.25) is 0 Å². The Morgan fingerprint density at radius 1 is 1.21 bits per heavy atom. The summed E-state index contributed by atoms with van der Waals surface area (Å²) in [5.41, 5.74) is 3.44. The number of fused-ring (bicyclic) bond motifs is 3. The van der Waals surface area contributed by atoms with Crippen LogP contribution in [0.15, 0.2) is 24.3 Å². The lowest BCUT2D eigenvalue weighted by molar-refractivity contribution is 0.0254. The fourth-order valence-corrected chi connectivity index (χ4v) is 4.42. The van der Waals surface area contributed by atoms with Crippen LogP contribution in [0.25, 0.3) is 10.9 Å². The number of carbonyl (C=O) groups is 1. The third-order valence-corrected chi connectivity index (χ3v) is 5.74. The molecule has 2 unspecified atom stereocenters. The van der Waals surface area contributed by atoms with E-state index in [2.05, 4.69) is 41.5 Å². The minimum absolute atomic E-state index is 0.103. The zero-order valence-corrected chi connectivity index (χ0v) is 14.6. The van der Waals surface area contributed by atoms with Crippen molar-refractivity contribution < 1.29 is 9.53 Å². The van der Waals surface area contributed by atoms with Crippen molar-refractivity contribution in [3.8, 4) is 0 Å². The van der Waals surface area contributed by atoms with Crippen LogP contribution in [-0.4, -0.2) is 48.1 Å². The molecule has 0 N–H and O–H groups in total. The molecule has 0 saturated carbocycles. The Balaban J connectivity index is 1.72. The molecular weight excluding hydrogens is 300 g/mol. The summed E-state index contributed by atoms with van der Waals surface area (Å²) in [4.78, 5) is 15.8. The van der Waals surface area contributed by atoms with E-state index in [0.29, 0.717) is 11.7 Å². The molecule has 0 amide bonds. The smallest absolute Gasteiger partial charge is 0.169 e. The average molecular weight is 326 g/mol. The second-order valence-electron chi connectivity index (χ2n) is 7.15. The maximum Gasteiger partial charge on any atom is 0.169 e. The van der Waals surface area contributed by atoms with Gasteiger partial charge in [0.25, 0.3) is 0 Å². The van der Waals surface area contributed by atoms with E-state index in [9.17, 15) is 4.79 Å². The highest BCUT2D eigenvalue weighted by Crippen LogP contribution is 2.37. The number of rotatable bonds is 3. The molecule has 128 valence electrons. The van der Waals surface area contributed by atoms with Crippen LogP contribution >= 0.6 is 0 Å². The first-order valence-corrected chi connectivity index (χ1v) is 9.15. The number of Topliss-reactive ketones (excluding diaryl/α,β-unsaturated/α-hetero) is 1. The largest absolute Gasteiger partial charge is 0.379 e. The number of benzene rings is 1. The number of carbonyl (C=O) groups excluding carboxylic acids is 1. The van der Waals surface area contributed by atoms with Gasteiger partial charge in [-0.3, -0.25) is 9.69 Å². The van der Waals surface area contributed by atoms with E-state index in [4.69, 9.17) is 4.74 Å². The van der Waals surface area contributed by atoms with Crippen molar-refractivity contribution in [2.45, 2.75) is 26.8 Å². The van der Waals surface area contributed by atoms with E-state index in [1.807, 2.05) is 6.07 Å². The molecule has 1 aliphatic carbocycles. The molecule has 2 atom stereocenters. The molecule has 4 nitrogen and oxygen atoms in total. The van der Waals surface area contributed by atoms with Crippen LogP contribution in [0.1, 0.15) is 29.9 Å². The van der Waals surface area contributed by atoms with Crippen LogP contribution in [0.5, 0.6) is 0 Å². The predicted octanol–water partition coefficient (Wildman–Crippen LogP) is 2.98. The molecule has 4 heteroatoms. The highest BCUT2D eigenvalue weighted by atomic mass is 16.5. The van der Waals surface area contributed by atoms with Crippen molar-refractivity contribution in [2.75, 3.05) is 32.8 Å². The van der Waals surface area contributed by atoms with Gasteiger partial charge in [0, 0.05) is 54.3 Å². The van der Waals surface area contributed by atoms with E-state index >= 15 is 0 Å². The lowest BCUT2D eigenvalue weighted by Crippen LogP contribution is -2.44. The number of nitrogens with zero attached hydrogens (tertiary/aromatic N) is 2. The SMILES string of the molecule is CCn1c2c(c3ccccc31)C(=O)C(CN1CCOCC1)C(C)C2. The summed E-state index contributed by atoms with van der Waals surface area (Å²) in [6, 6.07) is 8.37. The second-order valence-corrected chi connectivity index (χ2v) is 7.15. The summed E-state index contributed by atoms with van der Waals surface area (Å²) in [6.07, 6.45) is 0.999. The van der Waals surface area contributed by atoms with Gasteiger partial charge >= 0.3 is 0 Å². The highest BCUT2D eigenvalue weighted by Gasteiger charge is 2.37. The number of para-hydroxylation sites is 1. The van der Waals surface area contributed by atoms with Crippen LogP contribution in [0.4, 0.5) is 0 Å². The summed E-state index contributed by atoms with van der Waals surface area (Å²) in [5, 5.41) is 1.14. The third-order valence-electron chi connectivity index (χ3n) is 5.74. The molecule has 1 aliphatic heterocycles. The van der Waals surface area contributed by atoms with Crippen molar-refractivity contribution in [2.24, 2.45) is 11.8 Å². The van der Waals surface area contributed by atoms with Gasteiger partial charge in [0.15, 0.2) is 5.78 Å². The Labute approximate surface area is 143 Å². The number of hydrogen-bond acceptors (Lipinski definition) is 3. The minimum Gasteiger partial charge on any atom is -0.379 e. The summed E-state index contributed by atoms with van der Waals surface area (Å²) in [6.45, 7) is 9.66. The standard InChI is InChI=1S/C20H26N2O2/c1-3-22-17-7-5-4-6-15(17)19-18(22)12-14(2)16(20(19)23)13-21-8-10-24-11-9-21/h4-7,14,16H,3,8-13H2,1-2H3. The molecule has 2 aromatic rings. The van der Waals surface area contributed by atoms with Crippen molar-refractivity contribution in [1.82, 2.24) is 9.47 Å². The van der Waals surface area contributed by atoms with Gasteiger partial charge in [-0.1, -0.05) is 25.1 Å². The van der Waals surface area contributed by atoms with Gasteiger partial charge in [-0.05, 0) is 25.3 Å². The monoisotopic (exact) mass is 326 g/mol. The van der Waals surface area contributed by atoms with Crippen molar-refractivity contribution in [3.63, 3.8) is 0 Å². The van der Waals surface area contributed by atoms with Crippen LogP contribution in [0.2, 0.25) is 0 Å². The van der Waals surface area contributed by atoms with Gasteiger partial charge in [0.1, 0.15) is 0 Å². The topological polar surface area (TPSA) is 34.5 Å². The van der Waals surface area contributed by atoms with E-state index in [0.717, 1.165) is 56.8 Å². The Hall–Kier alpha value is -1.65. The molecule has 0 spiro atoms. The Kier molecular flexibility index (Phi) is 4.19. The summed E-state index contributed by atoms with van der Waals surface area (Å²) >= 11 is 0. The number of morpholine rings is 1. The maximum atomic E-state index is 13.4. The predicted molar refractivity (Wildman–Crippen MR) is 95.6 cm³/mol. The molecule has 1 saturated heterocycles. The number of aryl methyl sites for hydroxylation is 1. The molecular formula is C20H26N2O2.